The van der Waals surface area contributed by atoms with E-state index in [2.05, 4.69) is 10.6 Å². The van der Waals surface area contributed by atoms with Crippen LogP contribution >= 0.6 is 0 Å². The number of carbonyl (C=O) groups excluding carboxylic acids is 4. The van der Waals surface area contributed by atoms with Crippen LogP contribution in [0.25, 0.3) is 0 Å². The van der Waals surface area contributed by atoms with Gasteiger partial charge in [-0.15, -0.1) is 0 Å². The highest BCUT2D eigenvalue weighted by atomic mass is 16.3. The Kier molecular flexibility index (Phi) is 5.79. The van der Waals surface area contributed by atoms with E-state index in [1.165, 1.54) is 9.80 Å². The van der Waals surface area contributed by atoms with Crippen LogP contribution in [-0.4, -0.2) is 75.8 Å². The normalized spacial score (nSPS) is 26.9. The largest absolute Gasteiger partial charge is 0.378 e. The van der Waals surface area contributed by atoms with E-state index < -0.39 is 30.1 Å². The third kappa shape index (κ3) is 3.92. The highest BCUT2D eigenvalue weighted by Crippen LogP contribution is 2.31. The summed E-state index contributed by atoms with van der Waals surface area (Å²) in [4.78, 5) is 55.1. The van der Waals surface area contributed by atoms with Gasteiger partial charge in [-0.1, -0.05) is 48.5 Å². The minimum absolute atomic E-state index is 0.183. The van der Waals surface area contributed by atoms with Crippen LogP contribution in [0, 0.1) is 0 Å². The highest BCUT2D eigenvalue weighted by molar-refractivity contribution is 5.98. The minimum Gasteiger partial charge on any atom is -0.378 e. The second-order valence-corrected chi connectivity index (χ2v) is 8.97. The monoisotopic (exact) mass is 462 g/mol. The molecule has 5 rings (SSSR count). The number of rotatable bonds is 4. The summed E-state index contributed by atoms with van der Waals surface area (Å²) >= 11 is 0. The second kappa shape index (κ2) is 8.90. The van der Waals surface area contributed by atoms with Crippen molar-refractivity contribution in [2.45, 2.75) is 43.1 Å². The van der Waals surface area contributed by atoms with Gasteiger partial charge in [-0.2, -0.15) is 0 Å². The molecule has 9 nitrogen and oxygen atoms in total. The van der Waals surface area contributed by atoms with Crippen molar-refractivity contribution in [3.8, 4) is 0 Å². The molecule has 0 bridgehead atoms. The van der Waals surface area contributed by atoms with Crippen molar-refractivity contribution in [2.75, 3.05) is 13.1 Å². The summed E-state index contributed by atoms with van der Waals surface area (Å²) in [5.74, 6) is -1.45. The quantitative estimate of drug-likeness (QED) is 0.601. The predicted octanol–water partition coefficient (Wildman–Crippen LogP) is 0.219. The number of amides is 4. The molecule has 3 fully saturated rings. The van der Waals surface area contributed by atoms with Gasteiger partial charge in [0, 0.05) is 24.7 Å². The predicted molar refractivity (Wildman–Crippen MR) is 121 cm³/mol. The second-order valence-electron chi connectivity index (χ2n) is 8.97. The van der Waals surface area contributed by atoms with Gasteiger partial charge in [0.15, 0.2) is 6.10 Å². The minimum atomic E-state index is -1.39. The van der Waals surface area contributed by atoms with Crippen LogP contribution in [0.15, 0.2) is 60.7 Å². The molecule has 0 radical (unpaired) electrons. The number of benzene rings is 2. The van der Waals surface area contributed by atoms with Crippen LogP contribution in [0.5, 0.6) is 0 Å². The van der Waals surface area contributed by atoms with Crippen molar-refractivity contribution in [1.82, 2.24) is 20.4 Å². The smallest absolute Gasteiger partial charge is 0.256 e. The molecule has 2 aromatic rings. The summed E-state index contributed by atoms with van der Waals surface area (Å²) in [7, 11) is 0. The number of hydrogen-bond donors (Lipinski definition) is 3. The molecule has 9 heteroatoms. The van der Waals surface area contributed by atoms with E-state index in [-0.39, 0.29) is 36.9 Å². The van der Waals surface area contributed by atoms with Gasteiger partial charge in [0.05, 0.1) is 6.04 Å². The van der Waals surface area contributed by atoms with Crippen molar-refractivity contribution in [2.24, 2.45) is 0 Å². The molecule has 3 heterocycles. The highest BCUT2D eigenvalue weighted by Gasteiger charge is 2.53. The molecule has 3 saturated heterocycles. The number of aliphatic hydroxyl groups excluding tert-OH is 1. The van der Waals surface area contributed by atoms with Gasteiger partial charge in [-0.05, 0) is 30.5 Å². The first kappa shape index (κ1) is 22.1. The molecule has 3 N–H and O–H groups in total. The lowest BCUT2D eigenvalue weighted by Crippen LogP contribution is -2.53. The van der Waals surface area contributed by atoms with Gasteiger partial charge in [0.25, 0.3) is 11.8 Å². The molecule has 3 aliphatic rings. The molecule has 34 heavy (non-hydrogen) atoms. The standard InChI is InChI=1S/C25H26N4O5/c30-21(15-7-3-1-4-8-15)25(34)28-12-11-18-20(28)24(33)29-14-17(13-19(29)23(32)27-18)26-22(31)16-9-5-2-6-10-16/h1-10,17-21,30H,11-14H2,(H,26,31)(H,27,32). The third-order valence-electron chi connectivity index (χ3n) is 6.87. The summed E-state index contributed by atoms with van der Waals surface area (Å²) in [6.07, 6.45) is -0.653. The van der Waals surface area contributed by atoms with Gasteiger partial charge in [0.2, 0.25) is 11.8 Å². The first-order valence-electron chi connectivity index (χ1n) is 11.4. The van der Waals surface area contributed by atoms with Crippen LogP contribution < -0.4 is 10.6 Å². The maximum absolute atomic E-state index is 13.6. The molecule has 0 aromatic heterocycles. The number of likely N-dealkylation sites (tertiary alicyclic amines) is 1. The zero-order valence-corrected chi connectivity index (χ0v) is 18.5. The fraction of sp³-hybridized carbons (Fsp3) is 0.360. The molecular formula is C25H26N4O5. The maximum atomic E-state index is 13.6. The molecule has 0 spiro atoms. The lowest BCUT2D eigenvalue weighted by atomic mass is 10.1. The molecule has 3 aliphatic heterocycles. The average Bonchev–Trinajstić information content (AvgIpc) is 3.46. The van der Waals surface area contributed by atoms with Crippen molar-refractivity contribution in [3.05, 3.63) is 71.8 Å². The van der Waals surface area contributed by atoms with Crippen molar-refractivity contribution in [1.29, 1.82) is 0 Å². The van der Waals surface area contributed by atoms with E-state index in [1.54, 1.807) is 54.6 Å². The Labute approximate surface area is 196 Å². The summed E-state index contributed by atoms with van der Waals surface area (Å²) in [5.41, 5.74) is 0.951. The third-order valence-corrected chi connectivity index (χ3v) is 6.87. The van der Waals surface area contributed by atoms with E-state index in [0.29, 0.717) is 24.0 Å². The van der Waals surface area contributed by atoms with Gasteiger partial charge in [-0.25, -0.2) is 0 Å². The van der Waals surface area contributed by atoms with E-state index >= 15 is 0 Å². The molecular weight excluding hydrogens is 436 g/mol. The number of nitrogens with zero attached hydrogens (tertiary/aromatic N) is 2. The first-order chi connectivity index (χ1) is 16.4. The Morgan fingerprint density at radius 1 is 1.03 bits per heavy atom. The molecule has 4 amide bonds. The zero-order valence-electron chi connectivity index (χ0n) is 18.5. The van der Waals surface area contributed by atoms with Crippen molar-refractivity contribution in [3.63, 3.8) is 0 Å². The van der Waals surface area contributed by atoms with Crippen LogP contribution in [-0.2, 0) is 14.4 Å². The Morgan fingerprint density at radius 2 is 1.71 bits per heavy atom. The Bertz CT molecular complexity index is 1110. The van der Waals surface area contributed by atoms with E-state index in [9.17, 15) is 24.3 Å². The molecule has 2 aromatic carbocycles. The molecule has 176 valence electrons. The molecule has 0 saturated carbocycles. The van der Waals surface area contributed by atoms with Crippen LogP contribution in [0.2, 0.25) is 0 Å². The van der Waals surface area contributed by atoms with Crippen LogP contribution in [0.3, 0.4) is 0 Å². The van der Waals surface area contributed by atoms with Crippen LogP contribution in [0.4, 0.5) is 0 Å². The van der Waals surface area contributed by atoms with E-state index in [4.69, 9.17) is 0 Å². The summed E-state index contributed by atoms with van der Waals surface area (Å²) in [6, 6.07) is 14.8. The number of fused-ring (bicyclic) bond motifs is 2. The molecule has 5 atom stereocenters. The van der Waals surface area contributed by atoms with E-state index in [0.717, 1.165) is 0 Å². The van der Waals surface area contributed by atoms with Gasteiger partial charge >= 0.3 is 0 Å². The topological polar surface area (TPSA) is 119 Å². The maximum Gasteiger partial charge on any atom is 0.256 e. The molecule has 0 aliphatic carbocycles. The number of carbonyl (C=O) groups is 4. The Balaban J connectivity index is 1.33. The van der Waals surface area contributed by atoms with Crippen LogP contribution in [0.1, 0.15) is 34.9 Å². The van der Waals surface area contributed by atoms with E-state index in [1.807, 2.05) is 6.07 Å². The number of aliphatic hydroxyl groups is 1. The summed E-state index contributed by atoms with van der Waals surface area (Å²) in [6.45, 7) is 0.443. The summed E-state index contributed by atoms with van der Waals surface area (Å²) < 4.78 is 0. The SMILES string of the molecule is O=C(NC1CC2C(=O)NC3CCN(C(=O)C(O)c4ccccc4)C3C(=O)N2C1)c1ccccc1. The molecule has 5 unspecified atom stereocenters. The van der Waals surface area contributed by atoms with Gasteiger partial charge in [0.1, 0.15) is 12.1 Å². The number of hydrogen-bond acceptors (Lipinski definition) is 5. The lowest BCUT2D eigenvalue weighted by molar-refractivity contribution is -0.149. The van der Waals surface area contributed by atoms with Gasteiger partial charge in [-0.3, -0.25) is 19.2 Å². The zero-order chi connectivity index (χ0) is 23.8. The van der Waals surface area contributed by atoms with Crippen molar-refractivity contribution >= 4 is 23.6 Å². The Morgan fingerprint density at radius 3 is 2.41 bits per heavy atom. The fourth-order valence-corrected chi connectivity index (χ4v) is 5.17. The lowest BCUT2D eigenvalue weighted by Gasteiger charge is -2.30. The summed E-state index contributed by atoms with van der Waals surface area (Å²) in [5, 5.41) is 16.5. The first-order valence-corrected chi connectivity index (χ1v) is 11.4. The Hall–Kier alpha value is -3.72. The average molecular weight is 463 g/mol. The fourth-order valence-electron chi connectivity index (χ4n) is 5.17. The number of nitrogens with one attached hydrogen (secondary N) is 2. The van der Waals surface area contributed by atoms with Gasteiger partial charge < -0.3 is 25.5 Å². The van der Waals surface area contributed by atoms with Crippen molar-refractivity contribution < 1.29 is 24.3 Å².